The highest BCUT2D eigenvalue weighted by Crippen LogP contribution is 2.19. The second-order valence-corrected chi connectivity index (χ2v) is 2.54. The van der Waals surface area contributed by atoms with Crippen molar-refractivity contribution in [2.24, 2.45) is 0 Å². The average molecular weight is 178 g/mol. The van der Waals surface area contributed by atoms with Gasteiger partial charge in [0.05, 0.1) is 7.11 Å². The van der Waals surface area contributed by atoms with Crippen molar-refractivity contribution in [1.29, 1.82) is 0 Å². The number of benzene rings is 1. The molecule has 0 saturated carbocycles. The van der Waals surface area contributed by atoms with Crippen LogP contribution in [-0.4, -0.2) is 20.1 Å². The summed E-state index contributed by atoms with van der Waals surface area (Å²) in [6.07, 6.45) is 1.85. The van der Waals surface area contributed by atoms with Gasteiger partial charge in [0, 0.05) is 18.3 Å². The monoisotopic (exact) mass is 178 g/mol. The Kier molecular flexibility index (Phi) is 3.31. The van der Waals surface area contributed by atoms with Crippen molar-refractivity contribution in [1.82, 2.24) is 0 Å². The molecule has 69 valence electrons. The molecule has 0 saturated heterocycles. The lowest BCUT2D eigenvalue weighted by Gasteiger charge is -2.13. The van der Waals surface area contributed by atoms with E-state index in [1.807, 2.05) is 31.5 Å². The molecule has 13 heavy (non-hydrogen) atoms. The Morgan fingerprint density at radius 3 is 2.85 bits per heavy atom. The van der Waals surface area contributed by atoms with Crippen LogP contribution in [0.1, 0.15) is 6.92 Å². The minimum Gasteiger partial charge on any atom is -0.497 e. The summed E-state index contributed by atoms with van der Waals surface area (Å²) < 4.78 is 5.04. The normalized spacial score (nSPS) is 9.38. The SMILES string of the molecule is CCN([C]=O)c1cccc(OC)c1. The molecule has 0 atom stereocenters. The van der Waals surface area contributed by atoms with Gasteiger partial charge in [0.15, 0.2) is 0 Å². The number of anilines is 1. The van der Waals surface area contributed by atoms with Crippen LogP contribution in [0, 0.1) is 0 Å². The van der Waals surface area contributed by atoms with Crippen molar-refractivity contribution in [3.05, 3.63) is 24.3 Å². The summed E-state index contributed by atoms with van der Waals surface area (Å²) in [5, 5.41) is 0. The lowest BCUT2D eigenvalue weighted by Crippen LogP contribution is -2.19. The number of nitrogens with zero attached hydrogens (tertiary/aromatic N) is 1. The largest absolute Gasteiger partial charge is 0.497 e. The first-order valence-corrected chi connectivity index (χ1v) is 4.11. The predicted molar refractivity (Wildman–Crippen MR) is 51.7 cm³/mol. The highest BCUT2D eigenvalue weighted by atomic mass is 16.5. The van der Waals surface area contributed by atoms with Crippen molar-refractivity contribution in [2.75, 3.05) is 18.6 Å². The van der Waals surface area contributed by atoms with Crippen molar-refractivity contribution < 1.29 is 9.53 Å². The Balaban J connectivity index is 2.92. The molecule has 0 fully saturated rings. The predicted octanol–water partition coefficient (Wildman–Crippen LogP) is 1.59. The van der Waals surface area contributed by atoms with E-state index in [9.17, 15) is 4.79 Å². The number of carbonyl (C=O) groups excluding carboxylic acids is 1. The zero-order chi connectivity index (χ0) is 9.68. The Hall–Kier alpha value is -1.51. The summed E-state index contributed by atoms with van der Waals surface area (Å²) in [6.45, 7) is 2.50. The van der Waals surface area contributed by atoms with E-state index >= 15 is 0 Å². The molecule has 0 spiro atoms. The van der Waals surface area contributed by atoms with Gasteiger partial charge in [-0.25, -0.2) is 0 Å². The molecule has 1 amide bonds. The zero-order valence-corrected chi connectivity index (χ0v) is 7.78. The third-order valence-corrected chi connectivity index (χ3v) is 1.79. The molecular formula is C10H12NO2. The van der Waals surface area contributed by atoms with Gasteiger partial charge >= 0.3 is 6.41 Å². The van der Waals surface area contributed by atoms with Crippen LogP contribution in [0.4, 0.5) is 5.69 Å². The Morgan fingerprint density at radius 2 is 2.31 bits per heavy atom. The number of amides is 1. The fraction of sp³-hybridized carbons (Fsp3) is 0.300. The third kappa shape index (κ3) is 2.21. The molecule has 3 nitrogen and oxygen atoms in total. The number of methoxy groups -OCH3 is 1. The third-order valence-electron chi connectivity index (χ3n) is 1.79. The maximum Gasteiger partial charge on any atom is 0.316 e. The summed E-state index contributed by atoms with van der Waals surface area (Å²) in [5.74, 6) is 0.742. The van der Waals surface area contributed by atoms with E-state index in [0.717, 1.165) is 11.4 Å². The van der Waals surface area contributed by atoms with Gasteiger partial charge in [0.25, 0.3) is 0 Å². The van der Waals surface area contributed by atoms with Gasteiger partial charge in [-0.3, -0.25) is 4.79 Å². The smallest absolute Gasteiger partial charge is 0.316 e. The van der Waals surface area contributed by atoms with Crippen molar-refractivity contribution in [3.8, 4) is 5.75 Å². The lowest BCUT2D eigenvalue weighted by atomic mass is 10.3. The van der Waals surface area contributed by atoms with Gasteiger partial charge in [-0.2, -0.15) is 0 Å². The average Bonchev–Trinajstić information content (AvgIpc) is 2.20. The molecule has 1 aromatic rings. The fourth-order valence-corrected chi connectivity index (χ4v) is 1.08. The van der Waals surface area contributed by atoms with Crippen LogP contribution in [0.2, 0.25) is 0 Å². The number of ether oxygens (including phenoxy) is 1. The maximum atomic E-state index is 10.5. The summed E-state index contributed by atoms with van der Waals surface area (Å²) in [7, 11) is 1.60. The summed E-state index contributed by atoms with van der Waals surface area (Å²) in [5.41, 5.74) is 0.803. The lowest BCUT2D eigenvalue weighted by molar-refractivity contribution is 0.415. The molecule has 0 aliphatic carbocycles. The fourth-order valence-electron chi connectivity index (χ4n) is 1.08. The topological polar surface area (TPSA) is 29.5 Å². The first-order chi connectivity index (χ1) is 6.31. The summed E-state index contributed by atoms with van der Waals surface area (Å²) in [6, 6.07) is 7.32. The second-order valence-electron chi connectivity index (χ2n) is 2.54. The van der Waals surface area contributed by atoms with E-state index in [1.165, 1.54) is 4.90 Å². The van der Waals surface area contributed by atoms with Gasteiger partial charge in [-0.05, 0) is 19.1 Å². The van der Waals surface area contributed by atoms with E-state index in [4.69, 9.17) is 4.74 Å². The zero-order valence-electron chi connectivity index (χ0n) is 7.78. The summed E-state index contributed by atoms with van der Waals surface area (Å²) in [4.78, 5) is 12.0. The quantitative estimate of drug-likeness (QED) is 0.655. The van der Waals surface area contributed by atoms with Crippen LogP contribution < -0.4 is 9.64 Å². The molecule has 1 aromatic carbocycles. The van der Waals surface area contributed by atoms with Crippen LogP contribution in [0.3, 0.4) is 0 Å². The van der Waals surface area contributed by atoms with Gasteiger partial charge < -0.3 is 9.64 Å². The number of rotatable bonds is 4. The molecule has 0 aromatic heterocycles. The van der Waals surface area contributed by atoms with Crippen molar-refractivity contribution in [2.45, 2.75) is 6.92 Å². The van der Waals surface area contributed by atoms with Crippen molar-refractivity contribution >= 4 is 12.1 Å². The van der Waals surface area contributed by atoms with E-state index in [0.29, 0.717) is 6.54 Å². The highest BCUT2D eigenvalue weighted by Gasteiger charge is 2.03. The van der Waals surface area contributed by atoms with Crippen LogP contribution >= 0.6 is 0 Å². The van der Waals surface area contributed by atoms with E-state index in [-0.39, 0.29) is 0 Å². The van der Waals surface area contributed by atoms with E-state index < -0.39 is 0 Å². The summed E-state index contributed by atoms with van der Waals surface area (Å²) >= 11 is 0. The van der Waals surface area contributed by atoms with E-state index in [2.05, 4.69) is 0 Å². The molecule has 0 aliphatic heterocycles. The Bertz CT molecular complexity index is 286. The molecule has 0 aliphatic rings. The molecule has 1 radical (unpaired) electrons. The Labute approximate surface area is 77.9 Å². The first kappa shape index (κ1) is 9.58. The molecule has 0 bridgehead atoms. The minimum atomic E-state index is 0.608. The standard InChI is InChI=1S/C10H12NO2/c1-3-11(8-12)9-5-4-6-10(7-9)13-2/h4-7H,3H2,1-2H3. The first-order valence-electron chi connectivity index (χ1n) is 4.11. The van der Waals surface area contributed by atoms with Crippen LogP contribution in [0.5, 0.6) is 5.75 Å². The molecule has 0 heterocycles. The minimum absolute atomic E-state index is 0.608. The van der Waals surface area contributed by atoms with Crippen molar-refractivity contribution in [3.63, 3.8) is 0 Å². The highest BCUT2D eigenvalue weighted by molar-refractivity contribution is 5.75. The van der Waals surface area contributed by atoms with Crippen LogP contribution in [0.25, 0.3) is 0 Å². The maximum absolute atomic E-state index is 10.5. The molecular weight excluding hydrogens is 166 g/mol. The number of hydrogen-bond acceptors (Lipinski definition) is 2. The second kappa shape index (κ2) is 4.50. The van der Waals surface area contributed by atoms with Crippen LogP contribution in [-0.2, 0) is 4.79 Å². The molecule has 3 heteroatoms. The van der Waals surface area contributed by atoms with Gasteiger partial charge in [0.1, 0.15) is 5.75 Å². The molecule has 1 rings (SSSR count). The van der Waals surface area contributed by atoms with Gasteiger partial charge in [-0.15, -0.1) is 0 Å². The Morgan fingerprint density at radius 1 is 1.54 bits per heavy atom. The van der Waals surface area contributed by atoms with Gasteiger partial charge in [-0.1, -0.05) is 6.07 Å². The number of hydrogen-bond donors (Lipinski definition) is 0. The van der Waals surface area contributed by atoms with E-state index in [1.54, 1.807) is 13.2 Å². The molecule has 0 N–H and O–H groups in total. The molecule has 0 unspecified atom stereocenters. The van der Waals surface area contributed by atoms with Crippen LogP contribution in [0.15, 0.2) is 24.3 Å². The van der Waals surface area contributed by atoms with Gasteiger partial charge in [0.2, 0.25) is 0 Å².